The fraction of sp³-hybridized carbons (Fsp3) is 0.500. The normalized spacial score (nSPS) is 10.8. The van der Waals surface area contributed by atoms with Crippen molar-refractivity contribution >= 4 is 23.6 Å². The number of hydrogen-bond acceptors (Lipinski definition) is 4. The number of carbonyl (C=O) groups is 1. The molecule has 8 heteroatoms. The number of imidazole rings is 1. The molecule has 0 aromatic carbocycles. The number of aromatic nitrogens is 4. The summed E-state index contributed by atoms with van der Waals surface area (Å²) in [4.78, 5) is 16.4. The van der Waals surface area contributed by atoms with Gasteiger partial charge in [-0.25, -0.2) is 9.78 Å². The third-order valence-electron chi connectivity index (χ3n) is 3.60. The molecule has 2 rings (SSSR count). The number of nitrogens with zero attached hydrogens (tertiary/aromatic N) is 4. The van der Waals surface area contributed by atoms with Crippen LogP contribution in [-0.4, -0.2) is 31.6 Å². The van der Waals surface area contributed by atoms with E-state index >= 15 is 0 Å². The lowest BCUT2D eigenvalue weighted by Gasteiger charge is -2.09. The first-order valence-electron chi connectivity index (χ1n) is 7.09. The third kappa shape index (κ3) is 3.27. The molecule has 0 aliphatic rings. The van der Waals surface area contributed by atoms with Gasteiger partial charge >= 0.3 is 6.03 Å². The Hall–Kier alpha value is -1.96. The van der Waals surface area contributed by atoms with Crippen molar-refractivity contribution in [2.75, 3.05) is 11.6 Å². The van der Waals surface area contributed by atoms with E-state index in [0.717, 1.165) is 34.3 Å². The van der Waals surface area contributed by atoms with Crippen LogP contribution in [0.15, 0.2) is 11.4 Å². The molecule has 7 nitrogen and oxygen atoms in total. The highest BCUT2D eigenvalue weighted by Gasteiger charge is 2.14. The highest BCUT2D eigenvalue weighted by molar-refractivity contribution is 7.98. The van der Waals surface area contributed by atoms with Gasteiger partial charge in [0.1, 0.15) is 5.82 Å². The first kappa shape index (κ1) is 16.4. The summed E-state index contributed by atoms with van der Waals surface area (Å²) in [6, 6.07) is -0.249. The lowest BCUT2D eigenvalue weighted by molar-refractivity contribution is 0.251. The smallest absolute Gasteiger partial charge is 0.320 e. The number of anilines is 1. The molecule has 2 amide bonds. The van der Waals surface area contributed by atoms with Crippen molar-refractivity contribution in [2.24, 2.45) is 14.1 Å². The summed E-state index contributed by atoms with van der Waals surface area (Å²) in [5, 5.41) is 11.0. The van der Waals surface area contributed by atoms with E-state index in [1.54, 1.807) is 22.6 Å². The minimum atomic E-state index is -0.249. The zero-order valence-electron chi connectivity index (χ0n) is 13.6. The summed E-state index contributed by atoms with van der Waals surface area (Å²) in [5.41, 5.74) is 2.95. The van der Waals surface area contributed by atoms with E-state index in [1.165, 1.54) is 0 Å². The molecule has 2 heterocycles. The molecule has 0 unspecified atom stereocenters. The molecule has 0 atom stereocenters. The molecule has 120 valence electrons. The number of amides is 2. The Bertz CT molecular complexity index is 675. The molecule has 0 radical (unpaired) electrons. The van der Waals surface area contributed by atoms with Crippen LogP contribution in [0.25, 0.3) is 0 Å². The lowest BCUT2D eigenvalue weighted by atomic mass is 10.2. The number of rotatable bonds is 5. The van der Waals surface area contributed by atoms with Crippen molar-refractivity contribution in [3.8, 4) is 0 Å². The zero-order chi connectivity index (χ0) is 16.3. The molecule has 0 saturated heterocycles. The van der Waals surface area contributed by atoms with Gasteiger partial charge in [-0.3, -0.25) is 10.00 Å². The number of nitrogens with one attached hydrogen (secondary N) is 2. The van der Waals surface area contributed by atoms with Gasteiger partial charge in [0.15, 0.2) is 5.16 Å². The number of thioether (sulfide) groups is 1. The number of carbonyl (C=O) groups excluding carboxylic acids is 1. The van der Waals surface area contributed by atoms with Crippen molar-refractivity contribution in [3.63, 3.8) is 0 Å². The fourth-order valence-corrected chi connectivity index (χ4v) is 2.85. The van der Waals surface area contributed by atoms with Gasteiger partial charge < -0.3 is 9.88 Å². The minimum Gasteiger partial charge on any atom is -0.332 e. The average Bonchev–Trinajstić information content (AvgIpc) is 2.99. The summed E-state index contributed by atoms with van der Waals surface area (Å²) in [6.07, 6.45) is 4.59. The standard InChI is InChI=1S/C14H22N6OS/c1-6-11-9(2)12(20(4)18-11)17-13(21)15-7-10-8-16-14(22-5)19(10)3/h8H,6-7H2,1-5H3,(H2,15,17,21). The van der Waals surface area contributed by atoms with E-state index in [1.807, 2.05) is 38.8 Å². The maximum Gasteiger partial charge on any atom is 0.320 e. The van der Waals surface area contributed by atoms with Crippen LogP contribution in [-0.2, 0) is 27.1 Å². The molecule has 0 saturated carbocycles. The summed E-state index contributed by atoms with van der Waals surface area (Å²) >= 11 is 1.57. The molecular formula is C14H22N6OS. The van der Waals surface area contributed by atoms with E-state index in [4.69, 9.17) is 0 Å². The Balaban J connectivity index is 1.99. The average molecular weight is 322 g/mol. The minimum absolute atomic E-state index is 0.249. The van der Waals surface area contributed by atoms with Gasteiger partial charge in [-0.2, -0.15) is 5.10 Å². The van der Waals surface area contributed by atoms with Gasteiger partial charge in [0.2, 0.25) is 0 Å². The van der Waals surface area contributed by atoms with Gasteiger partial charge in [0.25, 0.3) is 0 Å². The van der Waals surface area contributed by atoms with E-state index in [-0.39, 0.29) is 6.03 Å². The van der Waals surface area contributed by atoms with Crippen molar-refractivity contribution in [1.29, 1.82) is 0 Å². The topological polar surface area (TPSA) is 76.8 Å². The van der Waals surface area contributed by atoms with Crippen LogP contribution in [0.4, 0.5) is 10.6 Å². The highest BCUT2D eigenvalue weighted by Crippen LogP contribution is 2.18. The van der Waals surface area contributed by atoms with E-state index in [9.17, 15) is 4.79 Å². The van der Waals surface area contributed by atoms with Crippen LogP contribution in [0.5, 0.6) is 0 Å². The third-order valence-corrected chi connectivity index (χ3v) is 4.35. The van der Waals surface area contributed by atoms with Gasteiger partial charge in [-0.05, 0) is 19.6 Å². The molecule has 0 fully saturated rings. The predicted octanol–water partition coefficient (Wildman–Crippen LogP) is 2.07. The van der Waals surface area contributed by atoms with Gasteiger partial charge in [0, 0.05) is 19.7 Å². The molecular weight excluding hydrogens is 300 g/mol. The van der Waals surface area contributed by atoms with E-state index in [2.05, 4.69) is 20.7 Å². The van der Waals surface area contributed by atoms with Crippen molar-refractivity contribution in [3.05, 3.63) is 23.1 Å². The van der Waals surface area contributed by atoms with Crippen LogP contribution >= 0.6 is 11.8 Å². The first-order chi connectivity index (χ1) is 10.5. The quantitative estimate of drug-likeness (QED) is 0.826. The van der Waals surface area contributed by atoms with Crippen LogP contribution in [0, 0.1) is 6.92 Å². The Morgan fingerprint density at radius 2 is 2.14 bits per heavy atom. The monoisotopic (exact) mass is 322 g/mol. The van der Waals surface area contributed by atoms with Crippen molar-refractivity contribution < 1.29 is 4.79 Å². The van der Waals surface area contributed by atoms with Crippen LogP contribution in [0.3, 0.4) is 0 Å². The molecule has 0 aliphatic heterocycles. The van der Waals surface area contributed by atoms with E-state index < -0.39 is 0 Å². The molecule has 0 bridgehead atoms. The molecule has 2 aromatic heterocycles. The summed E-state index contributed by atoms with van der Waals surface area (Å²) in [5.74, 6) is 0.726. The van der Waals surface area contributed by atoms with Gasteiger partial charge in [-0.15, -0.1) is 0 Å². The summed E-state index contributed by atoms with van der Waals surface area (Å²) in [6.45, 7) is 4.44. The molecule has 2 N–H and O–H groups in total. The second-order valence-electron chi connectivity index (χ2n) is 5.00. The summed E-state index contributed by atoms with van der Waals surface area (Å²) in [7, 11) is 3.76. The number of aryl methyl sites for hydroxylation is 2. The summed E-state index contributed by atoms with van der Waals surface area (Å²) < 4.78 is 3.67. The number of hydrogen-bond donors (Lipinski definition) is 2. The Morgan fingerprint density at radius 1 is 1.41 bits per heavy atom. The molecule has 22 heavy (non-hydrogen) atoms. The van der Waals surface area contributed by atoms with Gasteiger partial charge in [-0.1, -0.05) is 18.7 Å². The second kappa shape index (κ2) is 6.87. The maximum absolute atomic E-state index is 12.1. The first-order valence-corrected chi connectivity index (χ1v) is 8.32. The number of urea groups is 1. The molecule has 0 aliphatic carbocycles. The largest absolute Gasteiger partial charge is 0.332 e. The van der Waals surface area contributed by atoms with Gasteiger partial charge in [0.05, 0.1) is 24.1 Å². The Labute approximate surface area is 134 Å². The van der Waals surface area contributed by atoms with Crippen LogP contribution < -0.4 is 10.6 Å². The van der Waals surface area contributed by atoms with Crippen molar-refractivity contribution in [1.82, 2.24) is 24.6 Å². The highest BCUT2D eigenvalue weighted by atomic mass is 32.2. The predicted molar refractivity (Wildman–Crippen MR) is 88.2 cm³/mol. The van der Waals surface area contributed by atoms with E-state index in [0.29, 0.717) is 6.54 Å². The molecule has 0 spiro atoms. The zero-order valence-corrected chi connectivity index (χ0v) is 14.4. The second-order valence-corrected chi connectivity index (χ2v) is 5.77. The Kier molecular flexibility index (Phi) is 5.12. The maximum atomic E-state index is 12.1. The van der Waals surface area contributed by atoms with Crippen molar-refractivity contribution in [2.45, 2.75) is 32.0 Å². The fourth-order valence-electron chi connectivity index (χ4n) is 2.30. The van der Waals surface area contributed by atoms with Crippen LogP contribution in [0.2, 0.25) is 0 Å². The van der Waals surface area contributed by atoms with Crippen LogP contribution in [0.1, 0.15) is 23.9 Å². The lowest BCUT2D eigenvalue weighted by Crippen LogP contribution is -2.30. The Morgan fingerprint density at radius 3 is 2.68 bits per heavy atom. The molecule has 2 aromatic rings. The SMILES string of the molecule is CCc1nn(C)c(NC(=O)NCc2cnc(SC)n2C)c1C.